The molecule has 3 aromatic rings. The van der Waals surface area contributed by atoms with Crippen LogP contribution < -0.4 is 5.73 Å². The number of rotatable bonds is 4. The van der Waals surface area contributed by atoms with Gasteiger partial charge in [0.05, 0.1) is 5.52 Å². The zero-order valence-corrected chi connectivity index (χ0v) is 13.8. The molecule has 2 N–H and O–H groups in total. The van der Waals surface area contributed by atoms with Crippen LogP contribution in [-0.2, 0) is 0 Å². The predicted octanol–water partition coefficient (Wildman–Crippen LogP) is 4.79. The van der Waals surface area contributed by atoms with Crippen LogP contribution in [0.1, 0.15) is 11.6 Å². The fraction of sp³-hybridized carbons (Fsp3) is 0.118. The molecular formula is C17H15BrN2S. The highest BCUT2D eigenvalue weighted by atomic mass is 79.9. The van der Waals surface area contributed by atoms with E-state index in [0.717, 1.165) is 26.7 Å². The minimum Gasteiger partial charge on any atom is -0.323 e. The van der Waals surface area contributed by atoms with Gasteiger partial charge in [0.2, 0.25) is 0 Å². The molecule has 2 nitrogen and oxygen atoms in total. The molecule has 106 valence electrons. The molecule has 0 bridgehead atoms. The third-order valence-corrected chi connectivity index (χ3v) is 4.96. The zero-order chi connectivity index (χ0) is 14.7. The first-order valence-corrected chi connectivity index (χ1v) is 8.49. The SMILES string of the molecule is NC(CSc1ccc(Br)cc1)c1ccc2cccnc2c1. The third kappa shape index (κ3) is 3.64. The quantitative estimate of drug-likeness (QED) is 0.681. The number of fused-ring (bicyclic) bond motifs is 1. The van der Waals surface area contributed by atoms with Crippen molar-refractivity contribution in [2.75, 3.05) is 5.75 Å². The number of nitrogens with two attached hydrogens (primary N) is 1. The topological polar surface area (TPSA) is 38.9 Å². The number of pyridine rings is 1. The van der Waals surface area contributed by atoms with Crippen LogP contribution in [0.2, 0.25) is 0 Å². The summed E-state index contributed by atoms with van der Waals surface area (Å²) in [5.41, 5.74) is 8.44. The van der Waals surface area contributed by atoms with Crippen LogP contribution >= 0.6 is 27.7 Å². The molecule has 1 unspecified atom stereocenters. The Labute approximate surface area is 136 Å². The van der Waals surface area contributed by atoms with E-state index < -0.39 is 0 Å². The fourth-order valence-electron chi connectivity index (χ4n) is 2.13. The molecule has 4 heteroatoms. The summed E-state index contributed by atoms with van der Waals surface area (Å²) in [6.07, 6.45) is 1.81. The van der Waals surface area contributed by atoms with Gasteiger partial charge in [-0.05, 0) is 42.0 Å². The second-order valence-electron chi connectivity index (χ2n) is 4.83. The van der Waals surface area contributed by atoms with Gasteiger partial charge in [0.15, 0.2) is 0 Å². The van der Waals surface area contributed by atoms with E-state index in [-0.39, 0.29) is 6.04 Å². The van der Waals surface area contributed by atoms with Crippen molar-refractivity contribution in [1.29, 1.82) is 0 Å². The van der Waals surface area contributed by atoms with E-state index in [4.69, 9.17) is 5.73 Å². The van der Waals surface area contributed by atoms with E-state index in [9.17, 15) is 0 Å². The molecule has 0 saturated carbocycles. The van der Waals surface area contributed by atoms with Crippen molar-refractivity contribution in [3.8, 4) is 0 Å². The van der Waals surface area contributed by atoms with E-state index in [1.807, 2.05) is 24.4 Å². The van der Waals surface area contributed by atoms with Gasteiger partial charge in [0.25, 0.3) is 0 Å². The monoisotopic (exact) mass is 358 g/mol. The zero-order valence-electron chi connectivity index (χ0n) is 11.4. The molecule has 1 aromatic heterocycles. The number of benzene rings is 2. The van der Waals surface area contributed by atoms with Gasteiger partial charge >= 0.3 is 0 Å². The number of halogens is 1. The van der Waals surface area contributed by atoms with Crippen LogP contribution in [0.5, 0.6) is 0 Å². The summed E-state index contributed by atoms with van der Waals surface area (Å²) in [7, 11) is 0. The summed E-state index contributed by atoms with van der Waals surface area (Å²) in [5.74, 6) is 0.847. The molecule has 0 saturated heterocycles. The van der Waals surface area contributed by atoms with Crippen molar-refractivity contribution < 1.29 is 0 Å². The van der Waals surface area contributed by atoms with Crippen LogP contribution in [0, 0.1) is 0 Å². The van der Waals surface area contributed by atoms with Gasteiger partial charge in [0.1, 0.15) is 0 Å². The second-order valence-corrected chi connectivity index (χ2v) is 6.84. The van der Waals surface area contributed by atoms with Crippen LogP contribution in [-0.4, -0.2) is 10.7 Å². The molecule has 0 spiro atoms. The maximum Gasteiger partial charge on any atom is 0.0705 e. The lowest BCUT2D eigenvalue weighted by molar-refractivity contribution is 0.832. The standard InChI is InChI=1S/C17H15BrN2S/c18-14-5-7-15(8-6-14)21-11-16(19)13-4-3-12-2-1-9-20-17(12)10-13/h1-10,16H,11,19H2. The van der Waals surface area contributed by atoms with Gasteiger partial charge in [-0.15, -0.1) is 11.8 Å². The van der Waals surface area contributed by atoms with Crippen molar-refractivity contribution in [3.05, 3.63) is 70.8 Å². The van der Waals surface area contributed by atoms with Crippen molar-refractivity contribution >= 4 is 38.6 Å². The lowest BCUT2D eigenvalue weighted by Crippen LogP contribution is -2.12. The van der Waals surface area contributed by atoms with Crippen molar-refractivity contribution in [1.82, 2.24) is 4.98 Å². The second kappa shape index (κ2) is 6.60. The van der Waals surface area contributed by atoms with Crippen molar-refractivity contribution in [2.24, 2.45) is 5.73 Å². The van der Waals surface area contributed by atoms with Crippen LogP contribution in [0.15, 0.2) is 70.2 Å². The van der Waals surface area contributed by atoms with Gasteiger partial charge in [-0.25, -0.2) is 0 Å². The highest BCUT2D eigenvalue weighted by Gasteiger charge is 2.08. The van der Waals surface area contributed by atoms with Crippen molar-refractivity contribution in [2.45, 2.75) is 10.9 Å². The minimum atomic E-state index is 0.00468. The van der Waals surface area contributed by atoms with E-state index in [1.54, 1.807) is 11.8 Å². The summed E-state index contributed by atoms with van der Waals surface area (Å²) in [6.45, 7) is 0. The van der Waals surface area contributed by atoms with E-state index in [0.29, 0.717) is 0 Å². The number of hydrogen-bond acceptors (Lipinski definition) is 3. The van der Waals surface area contributed by atoms with Gasteiger partial charge in [-0.1, -0.05) is 34.1 Å². The average molecular weight is 359 g/mol. The first-order valence-electron chi connectivity index (χ1n) is 6.71. The van der Waals surface area contributed by atoms with Gasteiger partial charge in [-0.3, -0.25) is 4.98 Å². The Morgan fingerprint density at radius 1 is 1.10 bits per heavy atom. The molecular weight excluding hydrogens is 344 g/mol. The predicted molar refractivity (Wildman–Crippen MR) is 93.5 cm³/mol. The highest BCUT2D eigenvalue weighted by Crippen LogP contribution is 2.26. The fourth-order valence-corrected chi connectivity index (χ4v) is 3.28. The number of thioether (sulfide) groups is 1. The lowest BCUT2D eigenvalue weighted by Gasteiger charge is -2.12. The number of nitrogens with zero attached hydrogens (tertiary/aromatic N) is 1. The maximum atomic E-state index is 6.31. The summed E-state index contributed by atoms with van der Waals surface area (Å²) in [4.78, 5) is 5.61. The summed E-state index contributed by atoms with van der Waals surface area (Å²) in [5, 5.41) is 1.15. The summed E-state index contributed by atoms with van der Waals surface area (Å²) >= 11 is 5.22. The van der Waals surface area contributed by atoms with Crippen LogP contribution in [0.25, 0.3) is 10.9 Å². The lowest BCUT2D eigenvalue weighted by atomic mass is 10.1. The molecule has 21 heavy (non-hydrogen) atoms. The van der Waals surface area contributed by atoms with Gasteiger partial charge in [-0.2, -0.15) is 0 Å². The Morgan fingerprint density at radius 3 is 2.71 bits per heavy atom. The van der Waals surface area contributed by atoms with E-state index >= 15 is 0 Å². The van der Waals surface area contributed by atoms with Crippen LogP contribution in [0.4, 0.5) is 0 Å². The molecule has 0 amide bonds. The van der Waals surface area contributed by atoms with E-state index in [1.165, 1.54) is 4.90 Å². The molecule has 2 aromatic carbocycles. The van der Waals surface area contributed by atoms with Crippen molar-refractivity contribution in [3.63, 3.8) is 0 Å². The molecule has 0 aliphatic rings. The average Bonchev–Trinajstić information content (AvgIpc) is 2.53. The molecule has 0 fully saturated rings. The number of hydrogen-bond donors (Lipinski definition) is 1. The molecule has 0 aliphatic carbocycles. The Morgan fingerprint density at radius 2 is 1.90 bits per heavy atom. The Hall–Kier alpha value is -1.36. The smallest absolute Gasteiger partial charge is 0.0705 e. The summed E-state index contributed by atoms with van der Waals surface area (Å²) in [6, 6.07) is 18.6. The Bertz CT molecular complexity index is 743. The van der Waals surface area contributed by atoms with Crippen LogP contribution in [0.3, 0.4) is 0 Å². The normalized spacial score (nSPS) is 12.5. The maximum absolute atomic E-state index is 6.31. The largest absolute Gasteiger partial charge is 0.323 e. The Balaban J connectivity index is 1.71. The third-order valence-electron chi connectivity index (χ3n) is 3.30. The van der Waals surface area contributed by atoms with Gasteiger partial charge < -0.3 is 5.73 Å². The molecule has 0 aliphatic heterocycles. The summed E-state index contributed by atoms with van der Waals surface area (Å²) < 4.78 is 1.09. The van der Waals surface area contributed by atoms with E-state index in [2.05, 4.69) is 57.3 Å². The first kappa shape index (κ1) is 14.6. The molecule has 1 heterocycles. The minimum absolute atomic E-state index is 0.00468. The molecule has 0 radical (unpaired) electrons. The molecule has 3 rings (SSSR count). The van der Waals surface area contributed by atoms with Gasteiger partial charge in [0, 0.05) is 32.7 Å². The molecule has 1 atom stereocenters. The first-order chi connectivity index (χ1) is 10.2. The number of aromatic nitrogens is 1. The highest BCUT2D eigenvalue weighted by molar-refractivity contribution is 9.10. The Kier molecular flexibility index (Phi) is 4.58.